The lowest BCUT2D eigenvalue weighted by molar-refractivity contribution is -0.137. The Labute approximate surface area is 169 Å². The Hall–Kier alpha value is -3.88. The number of hydrogen-bond donors (Lipinski definition) is 2. The lowest BCUT2D eigenvalue weighted by Gasteiger charge is -2.15. The van der Waals surface area contributed by atoms with Crippen LogP contribution >= 0.6 is 0 Å². The summed E-state index contributed by atoms with van der Waals surface area (Å²) in [7, 11) is 1.49. The highest BCUT2D eigenvalue weighted by molar-refractivity contribution is 5.87. The van der Waals surface area contributed by atoms with Gasteiger partial charge in [-0.2, -0.15) is 18.3 Å². The van der Waals surface area contributed by atoms with Gasteiger partial charge in [0.1, 0.15) is 5.75 Å². The van der Waals surface area contributed by atoms with Crippen LogP contribution in [0.4, 0.5) is 18.9 Å². The summed E-state index contributed by atoms with van der Waals surface area (Å²) in [6, 6.07) is 12.8. The minimum absolute atomic E-state index is 0.0654. The Morgan fingerprint density at radius 3 is 2.63 bits per heavy atom. The van der Waals surface area contributed by atoms with Gasteiger partial charge in [0.2, 0.25) is 5.43 Å². The van der Waals surface area contributed by atoms with E-state index in [1.165, 1.54) is 42.3 Å². The van der Waals surface area contributed by atoms with Crippen LogP contribution in [0.2, 0.25) is 0 Å². The molecule has 0 radical (unpaired) electrons. The molecule has 0 amide bonds. The van der Waals surface area contributed by atoms with Crippen molar-refractivity contribution in [3.05, 3.63) is 88.4 Å². The summed E-state index contributed by atoms with van der Waals surface area (Å²) in [5.74, 6) is 0.502. The molecule has 2 aromatic carbocycles. The quantitative estimate of drug-likeness (QED) is 0.588. The van der Waals surface area contributed by atoms with Crippen molar-refractivity contribution in [3.63, 3.8) is 0 Å². The summed E-state index contributed by atoms with van der Waals surface area (Å²) in [5, 5.41) is 14.6. The van der Waals surface area contributed by atoms with Crippen LogP contribution in [-0.2, 0) is 6.18 Å². The van der Waals surface area contributed by atoms with Crippen molar-refractivity contribution in [2.24, 2.45) is 0 Å². The number of nitrogens with zero attached hydrogens (tertiary/aromatic N) is 2. The second kappa shape index (κ2) is 8.64. The van der Waals surface area contributed by atoms with Crippen LogP contribution in [0.1, 0.15) is 11.3 Å². The van der Waals surface area contributed by atoms with E-state index in [9.17, 15) is 18.0 Å². The van der Waals surface area contributed by atoms with Crippen molar-refractivity contribution < 1.29 is 17.9 Å². The lowest BCUT2D eigenvalue weighted by atomic mass is 10.2. The molecule has 0 bridgehead atoms. The summed E-state index contributed by atoms with van der Waals surface area (Å²) in [4.78, 5) is 12.4. The Kier molecular flexibility index (Phi) is 6.01. The lowest BCUT2D eigenvalue weighted by Crippen LogP contribution is -2.19. The molecule has 0 unspecified atom stereocenters. The second-order valence-corrected chi connectivity index (χ2v) is 6.09. The molecule has 0 aliphatic rings. The van der Waals surface area contributed by atoms with Gasteiger partial charge in [-0.05, 0) is 36.4 Å². The fraction of sp³-hybridized carbons (Fsp3) is 0.0952. The summed E-state index contributed by atoms with van der Waals surface area (Å²) in [5.41, 5.74) is -0.496. The Bertz CT molecular complexity index is 1150. The third-order valence-corrected chi connectivity index (χ3v) is 4.13. The van der Waals surface area contributed by atoms with Crippen molar-refractivity contribution in [2.75, 3.05) is 12.4 Å². The SMILES string of the molecule is COc1ccccc1N/C(=C\C=N)c1nn(-c2cccc(C(F)(F)F)c2)ccc1=O. The van der Waals surface area contributed by atoms with E-state index in [2.05, 4.69) is 10.4 Å². The maximum Gasteiger partial charge on any atom is 0.416 e. The number of aromatic nitrogens is 2. The Morgan fingerprint density at radius 2 is 1.93 bits per heavy atom. The van der Waals surface area contributed by atoms with Crippen LogP contribution in [0.15, 0.2) is 71.7 Å². The molecule has 0 aliphatic heterocycles. The first-order valence-electron chi connectivity index (χ1n) is 8.72. The van der Waals surface area contributed by atoms with Gasteiger partial charge >= 0.3 is 6.18 Å². The van der Waals surface area contributed by atoms with Crippen LogP contribution in [0.3, 0.4) is 0 Å². The van der Waals surface area contributed by atoms with Gasteiger partial charge < -0.3 is 15.5 Å². The first-order valence-corrected chi connectivity index (χ1v) is 8.72. The van der Waals surface area contributed by atoms with E-state index >= 15 is 0 Å². The standard InChI is InChI=1S/C21H17F3N4O2/c1-30-19-8-3-2-7-16(19)26-17(9-11-25)20-18(29)10-12-28(27-20)15-6-4-5-14(13-15)21(22,23)24/h2-13,25-26H,1H3/b17-9-,25-11?. The highest BCUT2D eigenvalue weighted by atomic mass is 19.4. The zero-order valence-electron chi connectivity index (χ0n) is 15.8. The first-order chi connectivity index (χ1) is 14.3. The highest BCUT2D eigenvalue weighted by Gasteiger charge is 2.30. The molecule has 154 valence electrons. The van der Waals surface area contributed by atoms with Gasteiger partial charge in [0.05, 0.1) is 29.7 Å². The third kappa shape index (κ3) is 4.57. The van der Waals surface area contributed by atoms with E-state index in [-0.39, 0.29) is 17.1 Å². The van der Waals surface area contributed by atoms with Crippen LogP contribution < -0.4 is 15.5 Å². The van der Waals surface area contributed by atoms with Crippen molar-refractivity contribution in [3.8, 4) is 11.4 Å². The average Bonchev–Trinajstić information content (AvgIpc) is 2.74. The molecule has 9 heteroatoms. The number of allylic oxidation sites excluding steroid dienone is 1. The summed E-state index contributed by atoms with van der Waals surface area (Å²) < 4.78 is 45.5. The fourth-order valence-electron chi connectivity index (χ4n) is 2.72. The molecule has 0 spiro atoms. The van der Waals surface area contributed by atoms with Gasteiger partial charge in [-0.25, -0.2) is 4.68 Å². The molecule has 0 aliphatic carbocycles. The van der Waals surface area contributed by atoms with Crippen molar-refractivity contribution in [1.29, 1.82) is 5.41 Å². The third-order valence-electron chi connectivity index (χ3n) is 4.13. The maximum absolute atomic E-state index is 13.0. The molecular formula is C21H17F3N4O2. The van der Waals surface area contributed by atoms with E-state index in [0.29, 0.717) is 11.4 Å². The number of benzene rings is 2. The zero-order valence-corrected chi connectivity index (χ0v) is 15.8. The van der Waals surface area contributed by atoms with Gasteiger partial charge in [-0.3, -0.25) is 4.79 Å². The Morgan fingerprint density at radius 1 is 1.17 bits per heavy atom. The highest BCUT2D eigenvalue weighted by Crippen LogP contribution is 2.30. The molecule has 0 atom stereocenters. The van der Waals surface area contributed by atoms with Crippen molar-refractivity contribution in [2.45, 2.75) is 6.18 Å². The second-order valence-electron chi connectivity index (χ2n) is 6.09. The number of hydrogen-bond acceptors (Lipinski definition) is 5. The van der Waals surface area contributed by atoms with Gasteiger partial charge in [0.25, 0.3) is 0 Å². The van der Waals surface area contributed by atoms with E-state index in [4.69, 9.17) is 10.1 Å². The number of halogens is 3. The predicted octanol–water partition coefficient (Wildman–Crippen LogP) is 4.36. The van der Waals surface area contributed by atoms with Crippen LogP contribution in [-0.4, -0.2) is 23.1 Å². The minimum atomic E-state index is -4.51. The van der Waals surface area contributed by atoms with E-state index in [1.807, 2.05) is 0 Å². The van der Waals surface area contributed by atoms with Gasteiger partial charge in [0.15, 0.2) is 5.69 Å². The first kappa shape index (κ1) is 20.8. The number of nitrogens with one attached hydrogen (secondary N) is 2. The molecule has 0 fully saturated rings. The maximum atomic E-state index is 13.0. The zero-order chi connectivity index (χ0) is 21.7. The van der Waals surface area contributed by atoms with Gasteiger partial charge in [0, 0.05) is 18.5 Å². The normalized spacial score (nSPS) is 11.8. The number of para-hydroxylation sites is 2. The fourth-order valence-corrected chi connectivity index (χ4v) is 2.72. The van der Waals surface area contributed by atoms with Gasteiger partial charge in [-0.15, -0.1) is 0 Å². The summed E-state index contributed by atoms with van der Waals surface area (Å²) in [6.07, 6.45) is -0.922. The largest absolute Gasteiger partial charge is 0.495 e. The predicted molar refractivity (Wildman–Crippen MR) is 108 cm³/mol. The topological polar surface area (TPSA) is 80.0 Å². The number of rotatable bonds is 6. The molecule has 30 heavy (non-hydrogen) atoms. The average molecular weight is 414 g/mol. The monoisotopic (exact) mass is 414 g/mol. The summed E-state index contributed by atoms with van der Waals surface area (Å²) >= 11 is 0. The molecule has 3 rings (SSSR count). The van der Waals surface area contributed by atoms with Crippen LogP contribution in [0.25, 0.3) is 11.4 Å². The molecular weight excluding hydrogens is 397 g/mol. The number of methoxy groups -OCH3 is 1. The summed E-state index contributed by atoms with van der Waals surface area (Å²) in [6.45, 7) is 0. The van der Waals surface area contributed by atoms with E-state index in [0.717, 1.165) is 18.3 Å². The van der Waals surface area contributed by atoms with Gasteiger partial charge in [-0.1, -0.05) is 18.2 Å². The molecule has 0 saturated heterocycles. The van der Waals surface area contributed by atoms with E-state index in [1.54, 1.807) is 24.3 Å². The molecule has 0 saturated carbocycles. The minimum Gasteiger partial charge on any atom is -0.495 e. The van der Waals surface area contributed by atoms with Crippen LogP contribution in [0.5, 0.6) is 5.75 Å². The smallest absolute Gasteiger partial charge is 0.416 e. The molecule has 6 nitrogen and oxygen atoms in total. The molecule has 1 heterocycles. The van der Waals surface area contributed by atoms with E-state index < -0.39 is 17.2 Å². The molecule has 1 aromatic heterocycles. The number of anilines is 1. The van der Waals surface area contributed by atoms with Crippen molar-refractivity contribution >= 4 is 17.6 Å². The van der Waals surface area contributed by atoms with Crippen LogP contribution in [0, 0.1) is 5.41 Å². The Balaban J connectivity index is 2.06. The number of ether oxygens (including phenoxy) is 1. The molecule has 3 aromatic rings. The van der Waals surface area contributed by atoms with Crippen molar-refractivity contribution in [1.82, 2.24) is 9.78 Å². The molecule has 2 N–H and O–H groups in total. The number of alkyl halides is 3.